The van der Waals surface area contributed by atoms with Crippen molar-refractivity contribution in [1.29, 1.82) is 0 Å². The Hall–Kier alpha value is -3.16. The summed E-state index contributed by atoms with van der Waals surface area (Å²) in [5.74, 6) is 1.01. The van der Waals surface area contributed by atoms with E-state index < -0.39 is 0 Å². The summed E-state index contributed by atoms with van der Waals surface area (Å²) >= 11 is 0. The number of ether oxygens (including phenoxy) is 1. The molecule has 1 aromatic carbocycles. The second kappa shape index (κ2) is 10.4. The molecule has 0 bridgehead atoms. The van der Waals surface area contributed by atoms with Crippen LogP contribution in [0, 0.1) is 11.7 Å². The molecule has 34 heavy (non-hydrogen) atoms. The Labute approximate surface area is 201 Å². The van der Waals surface area contributed by atoms with Gasteiger partial charge in [0.1, 0.15) is 11.6 Å². The number of benzene rings is 1. The number of nitrogens with zero attached hydrogens (tertiary/aromatic N) is 5. The van der Waals surface area contributed by atoms with Gasteiger partial charge in [-0.2, -0.15) is 9.97 Å². The summed E-state index contributed by atoms with van der Waals surface area (Å²) in [7, 11) is 1.95. The van der Waals surface area contributed by atoms with Crippen LogP contribution in [-0.2, 0) is 24.1 Å². The highest BCUT2D eigenvalue weighted by molar-refractivity contribution is 5.87. The van der Waals surface area contributed by atoms with Gasteiger partial charge in [0.05, 0.1) is 18.0 Å². The number of aromatic nitrogens is 2. The number of para-hydroxylation sites is 1. The van der Waals surface area contributed by atoms with Gasteiger partial charge in [0.2, 0.25) is 5.91 Å². The van der Waals surface area contributed by atoms with Gasteiger partial charge in [-0.1, -0.05) is 25.6 Å². The smallest absolute Gasteiger partial charge is 0.318 e. The number of rotatable bonds is 7. The van der Waals surface area contributed by atoms with Crippen LogP contribution in [0.2, 0.25) is 0 Å². The zero-order valence-corrected chi connectivity index (χ0v) is 20.4. The molecule has 1 fully saturated rings. The van der Waals surface area contributed by atoms with E-state index in [-0.39, 0.29) is 11.7 Å². The highest BCUT2D eigenvalue weighted by Crippen LogP contribution is 2.34. The number of anilines is 2. The molecule has 0 aliphatic carbocycles. The van der Waals surface area contributed by atoms with Crippen molar-refractivity contribution < 1.29 is 13.9 Å². The van der Waals surface area contributed by atoms with Crippen LogP contribution in [0.15, 0.2) is 30.9 Å². The van der Waals surface area contributed by atoms with Gasteiger partial charge in [-0.25, -0.2) is 4.39 Å². The lowest BCUT2D eigenvalue weighted by Gasteiger charge is -2.36. The standard InChI is InChI=1S/C26H34FN5O2/c1-5-20-22(16-18-15-19-9-8-10-21(27)24(19)30(4)17-18)28-26(34-7-3)29-25(20)32-13-11-31(12-14-32)23(33)6-2/h6,8-10,18H,2,5,7,11-17H2,1,3-4H3/t18-/m0/s1. The molecule has 0 radical (unpaired) electrons. The summed E-state index contributed by atoms with van der Waals surface area (Å²) in [6.45, 7) is 11.6. The Morgan fingerprint density at radius 2 is 2.00 bits per heavy atom. The van der Waals surface area contributed by atoms with Gasteiger partial charge in [-0.05, 0) is 49.8 Å². The lowest BCUT2D eigenvalue weighted by Crippen LogP contribution is -2.49. The minimum Gasteiger partial charge on any atom is -0.464 e. The van der Waals surface area contributed by atoms with Crippen molar-refractivity contribution in [2.45, 2.75) is 33.1 Å². The minimum absolute atomic E-state index is 0.0353. The molecule has 182 valence electrons. The predicted octanol–water partition coefficient (Wildman–Crippen LogP) is 3.26. The van der Waals surface area contributed by atoms with Crippen LogP contribution >= 0.6 is 0 Å². The first-order valence-corrected chi connectivity index (χ1v) is 12.1. The summed E-state index contributed by atoms with van der Waals surface area (Å²) < 4.78 is 20.1. The quantitative estimate of drug-likeness (QED) is 0.583. The molecule has 1 saturated heterocycles. The second-order valence-electron chi connectivity index (χ2n) is 8.96. The van der Waals surface area contributed by atoms with E-state index in [1.54, 1.807) is 6.07 Å². The molecule has 1 amide bonds. The van der Waals surface area contributed by atoms with E-state index in [9.17, 15) is 9.18 Å². The average Bonchev–Trinajstić information content (AvgIpc) is 2.83. The van der Waals surface area contributed by atoms with Crippen molar-refractivity contribution in [2.24, 2.45) is 5.92 Å². The van der Waals surface area contributed by atoms with Crippen molar-refractivity contribution in [3.8, 4) is 6.01 Å². The van der Waals surface area contributed by atoms with Crippen molar-refractivity contribution in [3.63, 3.8) is 0 Å². The van der Waals surface area contributed by atoms with Crippen molar-refractivity contribution in [3.05, 3.63) is 53.5 Å². The molecule has 0 N–H and O–H groups in total. The maximum absolute atomic E-state index is 14.4. The van der Waals surface area contributed by atoms with E-state index in [4.69, 9.17) is 14.7 Å². The van der Waals surface area contributed by atoms with Gasteiger partial charge in [-0.3, -0.25) is 4.79 Å². The van der Waals surface area contributed by atoms with Gasteiger partial charge in [0, 0.05) is 45.3 Å². The molecule has 8 heteroatoms. The van der Waals surface area contributed by atoms with E-state index in [1.165, 1.54) is 12.1 Å². The highest BCUT2D eigenvalue weighted by Gasteiger charge is 2.29. The third kappa shape index (κ3) is 4.86. The molecule has 2 aliphatic heterocycles. The Morgan fingerprint density at radius 3 is 2.68 bits per heavy atom. The molecular formula is C26H34FN5O2. The normalized spacial score (nSPS) is 18.0. The minimum atomic E-state index is -0.162. The fourth-order valence-corrected chi connectivity index (χ4v) is 5.17. The number of carbonyl (C=O) groups excluding carboxylic acids is 1. The topological polar surface area (TPSA) is 61.8 Å². The van der Waals surface area contributed by atoms with Crippen LogP contribution in [0.4, 0.5) is 15.9 Å². The van der Waals surface area contributed by atoms with Gasteiger partial charge < -0.3 is 19.4 Å². The lowest BCUT2D eigenvalue weighted by molar-refractivity contribution is -0.126. The summed E-state index contributed by atoms with van der Waals surface area (Å²) in [5, 5.41) is 0. The number of piperazine rings is 1. The van der Waals surface area contributed by atoms with Crippen molar-refractivity contribution in [1.82, 2.24) is 14.9 Å². The van der Waals surface area contributed by atoms with E-state index in [1.807, 2.05) is 29.8 Å². The summed E-state index contributed by atoms with van der Waals surface area (Å²) in [6, 6.07) is 5.72. The Balaban J connectivity index is 1.61. The van der Waals surface area contributed by atoms with E-state index >= 15 is 0 Å². The zero-order valence-electron chi connectivity index (χ0n) is 20.4. The largest absolute Gasteiger partial charge is 0.464 e. The number of fused-ring (bicyclic) bond motifs is 1. The van der Waals surface area contributed by atoms with Gasteiger partial charge in [0.15, 0.2) is 0 Å². The summed E-state index contributed by atoms with van der Waals surface area (Å²) in [5.41, 5.74) is 3.87. The molecule has 2 aliphatic rings. The molecule has 0 saturated carbocycles. The third-order valence-electron chi connectivity index (χ3n) is 6.72. The number of hydrogen-bond donors (Lipinski definition) is 0. The van der Waals surface area contributed by atoms with Crippen molar-refractivity contribution >= 4 is 17.4 Å². The molecule has 4 rings (SSSR count). The lowest BCUT2D eigenvalue weighted by atomic mass is 9.88. The van der Waals surface area contributed by atoms with E-state index in [2.05, 4.69) is 18.4 Å². The molecule has 7 nitrogen and oxygen atoms in total. The fourth-order valence-electron chi connectivity index (χ4n) is 5.17. The number of halogens is 1. The Kier molecular flexibility index (Phi) is 7.34. The third-order valence-corrected chi connectivity index (χ3v) is 6.72. The van der Waals surface area contributed by atoms with Crippen LogP contribution in [0.25, 0.3) is 0 Å². The van der Waals surface area contributed by atoms with Gasteiger partial charge >= 0.3 is 6.01 Å². The zero-order chi connectivity index (χ0) is 24.2. The summed E-state index contributed by atoms with van der Waals surface area (Å²) in [6.07, 6.45) is 3.76. The first kappa shape index (κ1) is 24.0. The maximum atomic E-state index is 14.4. The maximum Gasteiger partial charge on any atom is 0.318 e. The van der Waals surface area contributed by atoms with Crippen LogP contribution in [-0.4, -0.2) is 67.2 Å². The molecular weight excluding hydrogens is 433 g/mol. The Morgan fingerprint density at radius 1 is 1.24 bits per heavy atom. The molecule has 0 spiro atoms. The van der Waals surface area contributed by atoms with Crippen LogP contribution in [0.1, 0.15) is 30.7 Å². The van der Waals surface area contributed by atoms with Crippen LogP contribution in [0.5, 0.6) is 6.01 Å². The molecule has 3 heterocycles. The number of amides is 1. The number of carbonyl (C=O) groups is 1. The van der Waals surface area contributed by atoms with E-state index in [0.29, 0.717) is 50.4 Å². The fraction of sp³-hybridized carbons (Fsp3) is 0.500. The SMILES string of the molecule is C=CC(=O)N1CCN(c2nc(OCC)nc(C[C@@H]3Cc4cccc(F)c4N(C)C3)c2CC)CC1. The summed E-state index contributed by atoms with van der Waals surface area (Å²) in [4.78, 5) is 27.6. The molecule has 2 aromatic rings. The average molecular weight is 468 g/mol. The Bertz CT molecular complexity index is 1050. The van der Waals surface area contributed by atoms with Crippen LogP contribution in [0.3, 0.4) is 0 Å². The number of hydrogen-bond acceptors (Lipinski definition) is 6. The highest BCUT2D eigenvalue weighted by atomic mass is 19.1. The predicted molar refractivity (Wildman–Crippen MR) is 132 cm³/mol. The van der Waals surface area contributed by atoms with Crippen molar-refractivity contribution in [2.75, 3.05) is 56.2 Å². The molecule has 1 atom stereocenters. The van der Waals surface area contributed by atoms with Gasteiger partial charge in [-0.15, -0.1) is 0 Å². The molecule has 1 aromatic heterocycles. The molecule has 0 unspecified atom stereocenters. The monoisotopic (exact) mass is 467 g/mol. The van der Waals surface area contributed by atoms with Gasteiger partial charge in [0.25, 0.3) is 0 Å². The second-order valence-corrected chi connectivity index (χ2v) is 8.96. The van der Waals surface area contributed by atoms with E-state index in [0.717, 1.165) is 48.4 Å². The first-order valence-electron chi connectivity index (χ1n) is 12.1. The first-order chi connectivity index (χ1) is 16.4. The van der Waals surface area contributed by atoms with Crippen LogP contribution < -0.4 is 14.5 Å².